The summed E-state index contributed by atoms with van der Waals surface area (Å²) >= 11 is 0. The highest BCUT2D eigenvalue weighted by Gasteiger charge is 2.53. The lowest BCUT2D eigenvalue weighted by Crippen LogP contribution is -2.65. The van der Waals surface area contributed by atoms with Crippen molar-refractivity contribution < 1.29 is 41.0 Å². The van der Waals surface area contributed by atoms with Gasteiger partial charge in [0.2, 0.25) is 0 Å². The summed E-state index contributed by atoms with van der Waals surface area (Å²) in [7, 11) is 0. The average Bonchev–Trinajstić information content (AvgIpc) is 2.93. The first-order chi connectivity index (χ1) is 18.9. The maximum atomic E-state index is 13.5. The molecule has 5 unspecified atom stereocenters. The predicted octanol–water partition coefficient (Wildman–Crippen LogP) is 6.85. The Labute approximate surface area is 227 Å². The van der Waals surface area contributed by atoms with Gasteiger partial charge in [0.1, 0.15) is 0 Å². The van der Waals surface area contributed by atoms with E-state index in [0.717, 1.165) is 11.1 Å². The first-order valence-electron chi connectivity index (χ1n) is 12.9. The number of nitrogens with zero attached hydrogens (tertiary/aromatic N) is 1. The Hall–Kier alpha value is -3.37. The number of halogens is 6. The quantitative estimate of drug-likeness (QED) is 0.320. The molecular formula is C30H27F6NO3. The van der Waals surface area contributed by atoms with Gasteiger partial charge < -0.3 is 9.84 Å². The third-order valence-electron chi connectivity index (χ3n) is 7.94. The highest BCUT2D eigenvalue weighted by atomic mass is 19.4. The van der Waals surface area contributed by atoms with Gasteiger partial charge in [-0.1, -0.05) is 60.7 Å². The van der Waals surface area contributed by atoms with Gasteiger partial charge in [-0.05, 0) is 47.9 Å². The van der Waals surface area contributed by atoms with E-state index >= 15 is 0 Å². The number of piperidine rings is 3. The minimum atomic E-state index is -4.98. The fourth-order valence-electron chi connectivity index (χ4n) is 6.21. The van der Waals surface area contributed by atoms with Gasteiger partial charge in [0.15, 0.2) is 0 Å². The van der Waals surface area contributed by atoms with Crippen molar-refractivity contribution >= 4 is 5.97 Å². The summed E-state index contributed by atoms with van der Waals surface area (Å²) in [5, 5.41) is 9.94. The van der Waals surface area contributed by atoms with Gasteiger partial charge in [-0.2, -0.15) is 26.3 Å². The third kappa shape index (κ3) is 5.74. The topological polar surface area (TPSA) is 49.8 Å². The van der Waals surface area contributed by atoms with Gasteiger partial charge in [0.25, 0.3) is 0 Å². The van der Waals surface area contributed by atoms with Crippen LogP contribution in [-0.4, -0.2) is 41.2 Å². The number of hydrogen-bond donors (Lipinski definition) is 1. The highest BCUT2D eigenvalue weighted by molar-refractivity contribution is 5.71. The zero-order valence-corrected chi connectivity index (χ0v) is 21.2. The largest absolute Gasteiger partial charge is 0.481 e. The number of ether oxygens (including phenoxy) is 1. The summed E-state index contributed by atoms with van der Waals surface area (Å²) < 4.78 is 87.0. The van der Waals surface area contributed by atoms with E-state index in [9.17, 15) is 36.2 Å². The van der Waals surface area contributed by atoms with E-state index in [1.165, 1.54) is 0 Å². The van der Waals surface area contributed by atoms with E-state index in [1.807, 2.05) is 65.6 Å². The summed E-state index contributed by atoms with van der Waals surface area (Å²) in [6.07, 6.45) is -10.2. The molecule has 3 aromatic carbocycles. The maximum absolute atomic E-state index is 13.5. The fourth-order valence-corrected chi connectivity index (χ4v) is 6.21. The van der Waals surface area contributed by atoms with E-state index in [1.54, 1.807) is 0 Å². The molecule has 3 saturated heterocycles. The molecular weight excluding hydrogens is 536 g/mol. The normalized spacial score (nSPS) is 24.8. The molecule has 10 heteroatoms. The second-order valence-electron chi connectivity index (χ2n) is 10.4. The van der Waals surface area contributed by atoms with Crippen molar-refractivity contribution in [2.45, 2.75) is 43.4 Å². The number of alkyl halides is 6. The lowest BCUT2D eigenvalue weighted by Gasteiger charge is -2.55. The summed E-state index contributed by atoms with van der Waals surface area (Å²) in [5.41, 5.74) is -1.21. The summed E-state index contributed by atoms with van der Waals surface area (Å²) in [5.74, 6) is -2.50. The van der Waals surface area contributed by atoms with Crippen molar-refractivity contribution in [3.63, 3.8) is 0 Å². The molecule has 0 aromatic heterocycles. The molecule has 3 heterocycles. The van der Waals surface area contributed by atoms with Gasteiger partial charge >= 0.3 is 18.3 Å². The monoisotopic (exact) mass is 563 g/mol. The number of aliphatic carboxylic acids is 1. The highest BCUT2D eigenvalue weighted by Crippen LogP contribution is 2.46. The minimum absolute atomic E-state index is 0.0852. The maximum Gasteiger partial charge on any atom is 0.416 e. The van der Waals surface area contributed by atoms with Crippen LogP contribution in [0, 0.1) is 11.8 Å². The van der Waals surface area contributed by atoms with Crippen LogP contribution in [0.5, 0.6) is 0 Å². The Kier molecular flexibility index (Phi) is 7.67. The molecule has 4 nitrogen and oxygen atoms in total. The predicted molar refractivity (Wildman–Crippen MR) is 134 cm³/mol. The van der Waals surface area contributed by atoms with Crippen molar-refractivity contribution in [2.75, 3.05) is 13.1 Å². The molecule has 3 aliphatic rings. The molecule has 2 bridgehead atoms. The molecule has 212 valence electrons. The van der Waals surface area contributed by atoms with Gasteiger partial charge in [-0.25, -0.2) is 0 Å². The average molecular weight is 564 g/mol. The number of hydrogen-bond acceptors (Lipinski definition) is 3. The number of benzene rings is 3. The first-order valence-corrected chi connectivity index (χ1v) is 12.9. The number of rotatable bonds is 7. The van der Waals surface area contributed by atoms with E-state index < -0.39 is 54.0 Å². The molecule has 40 heavy (non-hydrogen) atoms. The van der Waals surface area contributed by atoms with Crippen LogP contribution < -0.4 is 0 Å². The zero-order valence-electron chi connectivity index (χ0n) is 21.2. The fraction of sp³-hybridized carbons (Fsp3) is 0.367. The van der Waals surface area contributed by atoms with Crippen LogP contribution in [0.4, 0.5) is 26.3 Å². The molecule has 3 aliphatic heterocycles. The second-order valence-corrected chi connectivity index (χ2v) is 10.4. The number of fused-ring (bicyclic) bond motifs is 3. The molecule has 3 aromatic rings. The van der Waals surface area contributed by atoms with Gasteiger partial charge in [-0.15, -0.1) is 0 Å². The SMILES string of the molecule is O=C(O)C1CN2CCC1C(OCc1cc(C(F)(F)F)cc(C(F)(F)F)c1)C2C(c1ccccc1)c1ccccc1. The van der Waals surface area contributed by atoms with Crippen LogP contribution in [0.15, 0.2) is 78.9 Å². The number of carbonyl (C=O) groups is 1. The van der Waals surface area contributed by atoms with Crippen molar-refractivity contribution in [2.24, 2.45) is 11.8 Å². The molecule has 3 fully saturated rings. The summed E-state index contributed by atoms with van der Waals surface area (Å²) in [6, 6.07) is 20.1. The molecule has 1 N–H and O–H groups in total. The van der Waals surface area contributed by atoms with Crippen molar-refractivity contribution in [1.82, 2.24) is 4.90 Å². The molecule has 0 amide bonds. The van der Waals surface area contributed by atoms with Crippen LogP contribution in [0.2, 0.25) is 0 Å². The lowest BCUT2D eigenvalue weighted by molar-refractivity contribution is -0.172. The first kappa shape index (κ1) is 28.2. The minimum Gasteiger partial charge on any atom is -0.481 e. The molecule has 0 radical (unpaired) electrons. The van der Waals surface area contributed by atoms with E-state index in [0.29, 0.717) is 25.1 Å². The Morgan fingerprint density at radius 1 is 0.875 bits per heavy atom. The Morgan fingerprint density at radius 2 is 1.40 bits per heavy atom. The molecule has 6 rings (SSSR count). The Balaban J connectivity index is 1.55. The van der Waals surface area contributed by atoms with Gasteiger partial charge in [-0.3, -0.25) is 9.69 Å². The molecule has 5 atom stereocenters. The van der Waals surface area contributed by atoms with Crippen LogP contribution in [0.3, 0.4) is 0 Å². The van der Waals surface area contributed by atoms with E-state index in [4.69, 9.17) is 4.74 Å². The van der Waals surface area contributed by atoms with Crippen molar-refractivity contribution in [1.29, 1.82) is 0 Å². The van der Waals surface area contributed by atoms with E-state index in [2.05, 4.69) is 0 Å². The van der Waals surface area contributed by atoms with Gasteiger partial charge in [0.05, 0.1) is 29.8 Å². The Morgan fingerprint density at radius 3 is 1.88 bits per heavy atom. The van der Waals surface area contributed by atoms with Crippen molar-refractivity contribution in [3.05, 3.63) is 107 Å². The Bertz CT molecular complexity index is 1260. The van der Waals surface area contributed by atoms with Crippen LogP contribution >= 0.6 is 0 Å². The van der Waals surface area contributed by atoms with Crippen LogP contribution in [-0.2, 0) is 28.5 Å². The standard InChI is InChI=1S/C30H27F6NO3/c31-29(32,33)21-13-18(14-22(15-21)30(34,35)36)17-40-27-23-11-12-37(16-24(23)28(38)39)26(27)25(19-7-3-1-4-8-19)20-9-5-2-6-10-20/h1-10,13-15,23-27H,11-12,16-17H2,(H,38,39). The smallest absolute Gasteiger partial charge is 0.416 e. The number of carboxylic acid groups (broad SMARTS) is 1. The summed E-state index contributed by atoms with van der Waals surface area (Å²) in [6.45, 7) is 0.362. The zero-order chi connectivity index (χ0) is 28.7. The van der Waals surface area contributed by atoms with Crippen molar-refractivity contribution in [3.8, 4) is 0 Å². The third-order valence-corrected chi connectivity index (χ3v) is 7.94. The van der Waals surface area contributed by atoms with E-state index in [-0.39, 0.29) is 30.1 Å². The molecule has 0 saturated carbocycles. The molecule has 0 aliphatic carbocycles. The molecule has 0 spiro atoms. The van der Waals surface area contributed by atoms with Crippen LogP contribution in [0.1, 0.15) is 40.2 Å². The number of carboxylic acids is 1. The second kappa shape index (κ2) is 10.9. The lowest BCUT2D eigenvalue weighted by atomic mass is 9.68. The van der Waals surface area contributed by atoms with Gasteiger partial charge in [0, 0.05) is 24.4 Å². The van der Waals surface area contributed by atoms with Crippen LogP contribution in [0.25, 0.3) is 0 Å². The summed E-state index contributed by atoms with van der Waals surface area (Å²) in [4.78, 5) is 14.2.